The fourth-order valence-corrected chi connectivity index (χ4v) is 2.72. The molecule has 2 aromatic rings. The van der Waals surface area contributed by atoms with E-state index in [9.17, 15) is 32.1 Å². The monoisotopic (exact) mass is 568 g/mol. The number of aliphatic hydroxyl groups is 4. The normalized spacial score (nSPS) is 9.87. The summed E-state index contributed by atoms with van der Waals surface area (Å²) in [5.41, 5.74) is -0.553. The van der Waals surface area contributed by atoms with Crippen LogP contribution in [0.15, 0.2) is 47.4 Å². The van der Waals surface area contributed by atoms with Crippen LogP contribution in [0.2, 0.25) is 0 Å². The number of hydrogen-bond acceptors (Lipinski definition) is 13. The Morgan fingerprint density at radius 1 is 0.641 bits per heavy atom. The first kappa shape index (κ1) is 37.8. The third kappa shape index (κ3) is 15.0. The van der Waals surface area contributed by atoms with Crippen molar-refractivity contribution >= 4 is 34.0 Å². The zero-order valence-corrected chi connectivity index (χ0v) is 21.4. The van der Waals surface area contributed by atoms with Crippen LogP contribution in [-0.4, -0.2) is 107 Å². The largest absolute Gasteiger partial charge is 1.00 e. The van der Waals surface area contributed by atoms with E-state index in [2.05, 4.69) is 9.47 Å². The fourth-order valence-electron chi connectivity index (χ4n) is 2.18. The van der Waals surface area contributed by atoms with E-state index in [1.807, 2.05) is 0 Å². The van der Waals surface area contributed by atoms with Crippen molar-refractivity contribution in [3.8, 4) is 0 Å². The summed E-state index contributed by atoms with van der Waals surface area (Å²) in [6.45, 7) is -1.82. The van der Waals surface area contributed by atoms with E-state index in [-0.39, 0.29) is 67.5 Å². The second-order valence-electron chi connectivity index (χ2n) is 6.55. The average molecular weight is 568 g/mol. The third-order valence-corrected chi connectivity index (χ3v) is 4.61. The van der Waals surface area contributed by atoms with Crippen LogP contribution in [0.3, 0.4) is 0 Å². The minimum Gasteiger partial charge on any atom is -0.744 e. The second kappa shape index (κ2) is 19.7. The number of benzene rings is 2. The van der Waals surface area contributed by atoms with Crippen LogP contribution in [0.1, 0.15) is 41.4 Å². The Bertz CT molecular complexity index is 1110. The van der Waals surface area contributed by atoms with E-state index in [1.165, 1.54) is 24.3 Å². The number of carboxylic acid groups (broad SMARTS) is 2. The van der Waals surface area contributed by atoms with Crippen LogP contribution in [0.25, 0.3) is 0 Å². The molecule has 39 heavy (non-hydrogen) atoms. The summed E-state index contributed by atoms with van der Waals surface area (Å²) in [6.07, 6.45) is 0. The van der Waals surface area contributed by atoms with E-state index in [0.29, 0.717) is 0 Å². The van der Waals surface area contributed by atoms with E-state index < -0.39 is 52.1 Å². The molecule has 6 N–H and O–H groups in total. The summed E-state index contributed by atoms with van der Waals surface area (Å²) in [6, 6.07) is 7.51. The number of carboxylic acids is 2. The molecule has 0 amide bonds. The first-order valence-electron chi connectivity index (χ1n) is 10.3. The standard InChI is InChI=1S/C12H14O9S.C8H6O4.C2H6O2.Li/c13-1-3-20-11(15)8-5-9(12(16)21-4-2-14)7-10(6-8)22(17,18)19;9-7(10)5-1-2-6(4-3-5)8(11)12;3-1-2-4;/h5-7,13-14H,1-4H2,(H,17,18,19);1-4H,(H,9,10)(H,11,12);3-4H,1-2H2;/q;;;+1/p-1. The van der Waals surface area contributed by atoms with Gasteiger partial charge in [-0.25, -0.2) is 27.6 Å². The topological polar surface area (TPSA) is 265 Å². The molecule has 2 aromatic carbocycles. The van der Waals surface area contributed by atoms with Crippen LogP contribution in [0.4, 0.5) is 0 Å². The molecule has 0 fully saturated rings. The first-order valence-corrected chi connectivity index (χ1v) is 11.7. The van der Waals surface area contributed by atoms with Gasteiger partial charge in [0.05, 0.1) is 53.6 Å². The van der Waals surface area contributed by atoms with Gasteiger partial charge in [0.2, 0.25) is 0 Å². The smallest absolute Gasteiger partial charge is 0.744 e. The molecule has 17 heteroatoms. The summed E-state index contributed by atoms with van der Waals surface area (Å²) in [7, 11) is -4.92. The number of esters is 2. The maximum Gasteiger partial charge on any atom is 1.00 e. The molecule has 0 aliphatic carbocycles. The van der Waals surface area contributed by atoms with Crippen LogP contribution >= 0.6 is 0 Å². The summed E-state index contributed by atoms with van der Waals surface area (Å²) < 4.78 is 42.4. The van der Waals surface area contributed by atoms with Crippen molar-refractivity contribution < 1.29 is 91.1 Å². The minimum absolute atomic E-state index is 0. The maximum absolute atomic E-state index is 11.6. The molecule has 0 aromatic heterocycles. The second-order valence-corrected chi connectivity index (χ2v) is 7.93. The van der Waals surface area contributed by atoms with Gasteiger partial charge in [0.1, 0.15) is 23.3 Å². The Morgan fingerprint density at radius 2 is 0.974 bits per heavy atom. The molecule has 0 saturated carbocycles. The van der Waals surface area contributed by atoms with Crippen LogP contribution in [-0.2, 0) is 19.6 Å². The predicted octanol–water partition coefficient (Wildman–Crippen LogP) is -4.05. The van der Waals surface area contributed by atoms with Gasteiger partial charge in [0, 0.05) is 0 Å². The fraction of sp³-hybridized carbons (Fsp3) is 0.273. The van der Waals surface area contributed by atoms with Gasteiger partial charge in [-0.05, 0) is 42.5 Å². The summed E-state index contributed by atoms with van der Waals surface area (Å²) in [4.78, 5) is 43.2. The Morgan fingerprint density at radius 3 is 1.21 bits per heavy atom. The van der Waals surface area contributed by atoms with Crippen molar-refractivity contribution in [2.24, 2.45) is 0 Å². The SMILES string of the molecule is O=C(O)c1ccc(C(=O)O)cc1.O=C(OCCO)c1cc(C(=O)OCCO)cc(S(=O)(=O)[O-])c1.OCCO.[Li+]. The molecular formula is C22H25LiO15S. The molecule has 0 unspecified atom stereocenters. The van der Waals surface area contributed by atoms with Gasteiger partial charge in [-0.1, -0.05) is 0 Å². The maximum atomic E-state index is 11.6. The third-order valence-electron chi connectivity index (χ3n) is 3.79. The molecule has 0 heterocycles. The molecule has 15 nitrogen and oxygen atoms in total. The van der Waals surface area contributed by atoms with Crippen LogP contribution in [0.5, 0.6) is 0 Å². The first-order chi connectivity index (χ1) is 17.8. The van der Waals surface area contributed by atoms with Crippen molar-refractivity contribution in [3.05, 3.63) is 64.7 Å². The Hall–Kier alpha value is -3.33. The number of ether oxygens (including phenoxy) is 2. The molecular weight excluding hydrogens is 543 g/mol. The molecule has 0 spiro atoms. The number of hydrogen-bond donors (Lipinski definition) is 6. The number of aromatic carboxylic acids is 2. The van der Waals surface area contributed by atoms with E-state index in [0.717, 1.165) is 18.2 Å². The molecule has 0 atom stereocenters. The van der Waals surface area contributed by atoms with Gasteiger partial charge >= 0.3 is 42.7 Å². The van der Waals surface area contributed by atoms with Gasteiger partial charge in [0.25, 0.3) is 0 Å². The Kier molecular flexibility index (Phi) is 19.1. The van der Waals surface area contributed by atoms with E-state index >= 15 is 0 Å². The molecule has 210 valence electrons. The zero-order valence-electron chi connectivity index (χ0n) is 20.5. The van der Waals surface area contributed by atoms with Crippen molar-refractivity contribution in [1.82, 2.24) is 0 Å². The molecule has 0 radical (unpaired) electrons. The van der Waals surface area contributed by atoms with E-state index in [4.69, 9.17) is 30.6 Å². The zero-order chi connectivity index (χ0) is 29.3. The quantitative estimate of drug-likeness (QED) is 0.0904. The number of carbonyl (C=O) groups is 4. The van der Waals surface area contributed by atoms with Gasteiger partial charge < -0.3 is 44.7 Å². The van der Waals surface area contributed by atoms with Crippen LogP contribution < -0.4 is 18.9 Å². The Labute approximate surface area is 234 Å². The molecule has 0 aliphatic rings. The number of carbonyl (C=O) groups excluding carboxylic acids is 2. The minimum atomic E-state index is -4.92. The number of rotatable bonds is 10. The van der Waals surface area contributed by atoms with E-state index in [1.54, 1.807) is 0 Å². The van der Waals surface area contributed by atoms with Gasteiger partial charge in [-0.15, -0.1) is 0 Å². The summed E-state index contributed by atoms with van der Waals surface area (Å²) in [5, 5.41) is 49.3. The molecule has 0 aliphatic heterocycles. The Balaban J connectivity index is 0. The van der Waals surface area contributed by atoms with Crippen molar-refractivity contribution in [2.45, 2.75) is 4.90 Å². The van der Waals surface area contributed by atoms with Gasteiger partial charge in [-0.3, -0.25) is 0 Å². The average Bonchev–Trinajstić information content (AvgIpc) is 2.90. The number of aliphatic hydroxyl groups excluding tert-OH is 4. The summed E-state index contributed by atoms with van der Waals surface area (Å²) >= 11 is 0. The molecule has 0 bridgehead atoms. The van der Waals surface area contributed by atoms with Gasteiger partial charge in [-0.2, -0.15) is 0 Å². The van der Waals surface area contributed by atoms with Crippen LogP contribution in [0, 0.1) is 0 Å². The molecule has 0 saturated heterocycles. The molecule has 2 rings (SSSR count). The van der Waals surface area contributed by atoms with Crippen molar-refractivity contribution in [2.75, 3.05) is 39.6 Å². The van der Waals surface area contributed by atoms with Gasteiger partial charge in [0.15, 0.2) is 0 Å². The summed E-state index contributed by atoms with van der Waals surface area (Å²) in [5.74, 6) is -4.16. The van der Waals surface area contributed by atoms with Crippen molar-refractivity contribution in [1.29, 1.82) is 0 Å². The predicted molar refractivity (Wildman–Crippen MR) is 124 cm³/mol. The van der Waals surface area contributed by atoms with Crippen molar-refractivity contribution in [3.63, 3.8) is 0 Å².